The number of imidazole rings is 1. The molecule has 0 amide bonds. The molecule has 1 aromatic carbocycles. The average Bonchev–Trinajstić information content (AvgIpc) is 3.15. The van der Waals surface area contributed by atoms with Gasteiger partial charge in [0, 0.05) is 31.3 Å². The van der Waals surface area contributed by atoms with E-state index in [9.17, 15) is 27.5 Å². The van der Waals surface area contributed by atoms with Crippen LogP contribution >= 0.6 is 0 Å². The molecule has 1 saturated heterocycles. The summed E-state index contributed by atoms with van der Waals surface area (Å²) < 4.78 is 65.9. The predicted molar refractivity (Wildman–Crippen MR) is 109 cm³/mol. The molecule has 0 spiro atoms. The van der Waals surface area contributed by atoms with Crippen molar-refractivity contribution in [2.75, 3.05) is 26.8 Å². The van der Waals surface area contributed by atoms with E-state index in [-0.39, 0.29) is 34.1 Å². The summed E-state index contributed by atoms with van der Waals surface area (Å²) in [4.78, 5) is 16.1. The van der Waals surface area contributed by atoms with E-state index in [0.717, 1.165) is 18.2 Å². The molecule has 11 heteroatoms. The summed E-state index contributed by atoms with van der Waals surface area (Å²) in [6.07, 6.45) is -6.09. The lowest BCUT2D eigenvalue weighted by molar-refractivity contribution is -0.206. The number of alkyl halides is 3. The van der Waals surface area contributed by atoms with Crippen molar-refractivity contribution in [3.63, 3.8) is 0 Å². The van der Waals surface area contributed by atoms with Gasteiger partial charge in [0.2, 0.25) is 0 Å². The number of fused-ring (bicyclic) bond motifs is 1. The van der Waals surface area contributed by atoms with Crippen molar-refractivity contribution >= 4 is 11.6 Å². The van der Waals surface area contributed by atoms with Gasteiger partial charge in [-0.2, -0.15) is 13.2 Å². The molecule has 1 aliphatic heterocycles. The van der Waals surface area contributed by atoms with E-state index in [1.807, 2.05) is 0 Å². The largest absolute Gasteiger partial charge is 0.465 e. The minimum Gasteiger partial charge on any atom is -0.465 e. The van der Waals surface area contributed by atoms with Crippen LogP contribution in [0.3, 0.4) is 0 Å². The molecule has 7 nitrogen and oxygen atoms in total. The molecule has 1 fully saturated rings. The number of aliphatic hydroxyl groups excluding tert-OH is 1. The standard InChI is InChI=1S/C22H21F4N3O4/c1-32-21(31)13-2-3-15(16(23)8-13)19-17(10-14-11-27-5-7-33-14)29-6-4-12(9-18(29)28-19)20(30)22(24,25)26/h2-4,6,8-9,14,20,27,30H,5,7,10-11H2,1H3. The highest BCUT2D eigenvalue weighted by molar-refractivity contribution is 5.90. The second kappa shape index (κ2) is 9.08. The maximum atomic E-state index is 15.0. The first-order valence-electron chi connectivity index (χ1n) is 10.1. The lowest BCUT2D eigenvalue weighted by atomic mass is 10.0. The predicted octanol–water partition coefficient (Wildman–Crippen LogP) is 3.05. The second-order valence-electron chi connectivity index (χ2n) is 7.63. The molecule has 4 rings (SSSR count). The van der Waals surface area contributed by atoms with Crippen LogP contribution in [0.4, 0.5) is 17.6 Å². The van der Waals surface area contributed by atoms with Gasteiger partial charge in [0.15, 0.2) is 6.10 Å². The molecule has 0 aliphatic carbocycles. The summed E-state index contributed by atoms with van der Waals surface area (Å²) in [5, 5.41) is 12.8. The minimum absolute atomic E-state index is 0.0134. The van der Waals surface area contributed by atoms with Crippen molar-refractivity contribution in [1.29, 1.82) is 0 Å². The third-order valence-corrected chi connectivity index (χ3v) is 5.45. The van der Waals surface area contributed by atoms with Crippen molar-refractivity contribution in [2.24, 2.45) is 0 Å². The van der Waals surface area contributed by atoms with Crippen LogP contribution in [0, 0.1) is 5.82 Å². The van der Waals surface area contributed by atoms with Gasteiger partial charge in [0.1, 0.15) is 11.5 Å². The van der Waals surface area contributed by atoms with Gasteiger partial charge in [-0.15, -0.1) is 0 Å². The van der Waals surface area contributed by atoms with Gasteiger partial charge in [-0.3, -0.25) is 0 Å². The molecular weight excluding hydrogens is 446 g/mol. The number of esters is 1. The van der Waals surface area contributed by atoms with Crippen LogP contribution in [0.15, 0.2) is 36.5 Å². The van der Waals surface area contributed by atoms with Crippen LogP contribution < -0.4 is 5.32 Å². The van der Waals surface area contributed by atoms with Crippen molar-refractivity contribution < 1.29 is 36.9 Å². The Hall–Kier alpha value is -3.02. The number of rotatable bonds is 5. The number of ether oxygens (including phenoxy) is 2. The molecule has 0 bridgehead atoms. The van der Waals surface area contributed by atoms with Crippen LogP contribution in [-0.4, -0.2) is 59.5 Å². The van der Waals surface area contributed by atoms with Gasteiger partial charge in [-0.1, -0.05) is 0 Å². The molecule has 3 aromatic rings. The maximum Gasteiger partial charge on any atom is 0.418 e. The number of aromatic nitrogens is 2. The highest BCUT2D eigenvalue weighted by Crippen LogP contribution is 2.34. The first-order chi connectivity index (χ1) is 15.7. The van der Waals surface area contributed by atoms with Crippen LogP contribution in [0.1, 0.15) is 27.7 Å². The van der Waals surface area contributed by atoms with Gasteiger partial charge >= 0.3 is 12.1 Å². The Morgan fingerprint density at radius 3 is 2.79 bits per heavy atom. The Morgan fingerprint density at radius 1 is 1.36 bits per heavy atom. The summed E-state index contributed by atoms with van der Waals surface area (Å²) in [6, 6.07) is 6.04. The van der Waals surface area contributed by atoms with Gasteiger partial charge in [-0.25, -0.2) is 14.2 Å². The number of aliphatic hydroxyl groups is 1. The maximum absolute atomic E-state index is 15.0. The van der Waals surface area contributed by atoms with Crippen molar-refractivity contribution in [2.45, 2.75) is 24.8 Å². The molecule has 2 unspecified atom stereocenters. The smallest absolute Gasteiger partial charge is 0.418 e. The van der Waals surface area contributed by atoms with Gasteiger partial charge < -0.3 is 24.3 Å². The summed E-state index contributed by atoms with van der Waals surface area (Å²) in [5.41, 5.74) is 0.548. The Kier molecular flexibility index (Phi) is 6.37. The zero-order valence-electron chi connectivity index (χ0n) is 17.5. The van der Waals surface area contributed by atoms with E-state index >= 15 is 0 Å². The molecule has 0 saturated carbocycles. The highest BCUT2D eigenvalue weighted by Gasteiger charge is 2.39. The minimum atomic E-state index is -4.84. The number of carbonyl (C=O) groups excluding carboxylic acids is 1. The number of benzene rings is 1. The first-order valence-corrected chi connectivity index (χ1v) is 10.1. The number of pyridine rings is 1. The summed E-state index contributed by atoms with van der Waals surface area (Å²) in [5.74, 6) is -1.44. The Bertz CT molecular complexity index is 1170. The third-order valence-electron chi connectivity index (χ3n) is 5.45. The Morgan fingerprint density at radius 2 is 2.15 bits per heavy atom. The molecule has 0 radical (unpaired) electrons. The van der Waals surface area contributed by atoms with Crippen molar-refractivity contribution in [3.05, 3.63) is 59.2 Å². The van der Waals surface area contributed by atoms with Crippen molar-refractivity contribution in [1.82, 2.24) is 14.7 Å². The SMILES string of the molecule is COC(=O)c1ccc(-c2nc3cc(C(O)C(F)(F)F)ccn3c2CC2CNCCO2)c(F)c1. The van der Waals surface area contributed by atoms with E-state index < -0.39 is 24.1 Å². The zero-order chi connectivity index (χ0) is 23.8. The van der Waals surface area contributed by atoms with Crippen LogP contribution in [0.2, 0.25) is 0 Å². The molecule has 33 heavy (non-hydrogen) atoms. The van der Waals surface area contributed by atoms with Crippen LogP contribution in [0.5, 0.6) is 0 Å². The van der Waals surface area contributed by atoms with E-state index in [1.54, 1.807) is 4.40 Å². The van der Waals surface area contributed by atoms with Crippen LogP contribution in [0.25, 0.3) is 16.9 Å². The monoisotopic (exact) mass is 467 g/mol. The fourth-order valence-corrected chi connectivity index (χ4v) is 3.80. The molecule has 3 heterocycles. The number of halogens is 4. The number of hydrogen-bond donors (Lipinski definition) is 2. The number of nitrogens with one attached hydrogen (secondary N) is 1. The Labute approximate surface area is 185 Å². The topological polar surface area (TPSA) is 85.1 Å². The molecule has 1 aliphatic rings. The molecule has 2 atom stereocenters. The lowest BCUT2D eigenvalue weighted by Gasteiger charge is -2.24. The van der Waals surface area contributed by atoms with Crippen LogP contribution in [-0.2, 0) is 15.9 Å². The summed E-state index contributed by atoms with van der Waals surface area (Å²) in [6.45, 7) is 1.72. The molecular formula is C22H21F4N3O4. The van der Waals surface area contributed by atoms with Gasteiger partial charge in [0.25, 0.3) is 0 Å². The summed E-state index contributed by atoms with van der Waals surface area (Å²) >= 11 is 0. The van der Waals surface area contributed by atoms with Gasteiger partial charge in [0.05, 0.1) is 36.8 Å². The van der Waals surface area contributed by atoms with E-state index in [1.165, 1.54) is 25.4 Å². The molecule has 2 aromatic heterocycles. The molecule has 176 valence electrons. The lowest BCUT2D eigenvalue weighted by Crippen LogP contribution is -2.39. The average molecular weight is 467 g/mol. The number of methoxy groups -OCH3 is 1. The quantitative estimate of drug-likeness (QED) is 0.443. The summed E-state index contributed by atoms with van der Waals surface area (Å²) in [7, 11) is 1.18. The second-order valence-corrected chi connectivity index (χ2v) is 7.63. The number of nitrogens with zero attached hydrogens (tertiary/aromatic N) is 2. The molecule has 2 N–H and O–H groups in total. The van der Waals surface area contributed by atoms with E-state index in [2.05, 4.69) is 15.0 Å². The van der Waals surface area contributed by atoms with E-state index in [0.29, 0.717) is 31.8 Å². The Balaban J connectivity index is 1.82. The van der Waals surface area contributed by atoms with Crippen molar-refractivity contribution in [3.8, 4) is 11.3 Å². The highest BCUT2D eigenvalue weighted by atomic mass is 19.4. The normalized spacial score (nSPS) is 17.8. The number of morpholine rings is 1. The fourth-order valence-electron chi connectivity index (χ4n) is 3.80. The van der Waals surface area contributed by atoms with Gasteiger partial charge in [-0.05, 0) is 35.9 Å². The zero-order valence-corrected chi connectivity index (χ0v) is 17.5. The number of carbonyl (C=O) groups is 1. The fraction of sp³-hybridized carbons (Fsp3) is 0.364. The third kappa shape index (κ3) is 4.70. The first kappa shape index (κ1) is 23.1. The number of hydrogen-bond acceptors (Lipinski definition) is 6. The van der Waals surface area contributed by atoms with E-state index in [4.69, 9.17) is 4.74 Å².